The number of likely N-dealkylation sites (tertiary alicyclic amines) is 1. The fourth-order valence-electron chi connectivity index (χ4n) is 2.45. The summed E-state index contributed by atoms with van der Waals surface area (Å²) in [6.45, 7) is 7.02. The number of rotatable bonds is 6. The average molecular weight is 275 g/mol. The van der Waals surface area contributed by atoms with Crippen molar-refractivity contribution in [2.75, 3.05) is 19.6 Å². The van der Waals surface area contributed by atoms with E-state index in [1.807, 2.05) is 0 Å². The van der Waals surface area contributed by atoms with E-state index in [9.17, 15) is 8.42 Å². The first-order valence-electron chi connectivity index (χ1n) is 6.97. The molecule has 2 fully saturated rings. The van der Waals surface area contributed by atoms with Crippen LogP contribution in [-0.4, -0.2) is 45.0 Å². The Hall–Kier alpha value is -0.170. The number of hydrogen-bond acceptors (Lipinski definition) is 3. The molecule has 1 heterocycles. The van der Waals surface area contributed by atoms with Crippen molar-refractivity contribution in [3.63, 3.8) is 0 Å². The van der Waals surface area contributed by atoms with Gasteiger partial charge in [-0.25, -0.2) is 4.72 Å². The Kier molecular flexibility index (Phi) is 4.64. The molecule has 1 aliphatic heterocycles. The van der Waals surface area contributed by atoms with Crippen LogP contribution < -0.4 is 9.44 Å². The van der Waals surface area contributed by atoms with Crippen molar-refractivity contribution in [3.05, 3.63) is 0 Å². The molecular formula is C12H25N3O2S. The second-order valence-corrected chi connectivity index (χ2v) is 7.37. The Morgan fingerprint density at radius 1 is 1.33 bits per heavy atom. The van der Waals surface area contributed by atoms with Crippen molar-refractivity contribution in [1.29, 1.82) is 0 Å². The summed E-state index contributed by atoms with van der Waals surface area (Å²) < 4.78 is 28.7. The van der Waals surface area contributed by atoms with E-state index in [1.165, 1.54) is 12.8 Å². The molecule has 106 valence electrons. The molecule has 1 aliphatic carbocycles. The van der Waals surface area contributed by atoms with Crippen molar-refractivity contribution in [1.82, 2.24) is 14.3 Å². The fraction of sp³-hybridized carbons (Fsp3) is 1.00. The molecule has 0 aromatic carbocycles. The van der Waals surface area contributed by atoms with Gasteiger partial charge >= 0.3 is 0 Å². The number of piperidine rings is 1. The van der Waals surface area contributed by atoms with Gasteiger partial charge in [-0.3, -0.25) is 4.90 Å². The van der Waals surface area contributed by atoms with Crippen LogP contribution >= 0.6 is 0 Å². The van der Waals surface area contributed by atoms with Crippen molar-refractivity contribution in [2.45, 2.75) is 51.6 Å². The van der Waals surface area contributed by atoms with E-state index in [4.69, 9.17) is 0 Å². The molecule has 0 radical (unpaired) electrons. The van der Waals surface area contributed by atoms with Gasteiger partial charge in [0.1, 0.15) is 0 Å². The molecule has 0 aromatic heterocycles. The van der Waals surface area contributed by atoms with Crippen LogP contribution in [0.15, 0.2) is 0 Å². The van der Waals surface area contributed by atoms with Gasteiger partial charge in [-0.15, -0.1) is 0 Å². The normalized spacial score (nSPS) is 28.2. The minimum absolute atomic E-state index is 0.174. The molecule has 1 saturated carbocycles. The quantitative estimate of drug-likeness (QED) is 0.750. The van der Waals surface area contributed by atoms with E-state index in [0.717, 1.165) is 31.8 Å². The highest BCUT2D eigenvalue weighted by Crippen LogP contribution is 2.19. The summed E-state index contributed by atoms with van der Waals surface area (Å²) in [5.74, 6) is 0.724. The van der Waals surface area contributed by atoms with Crippen LogP contribution in [0.2, 0.25) is 0 Å². The smallest absolute Gasteiger partial charge is 0.277 e. The minimum atomic E-state index is -3.29. The zero-order valence-corrected chi connectivity index (χ0v) is 12.2. The Morgan fingerprint density at radius 2 is 2.06 bits per heavy atom. The average Bonchev–Trinajstić information content (AvgIpc) is 3.09. The molecule has 1 saturated heterocycles. The molecule has 5 nitrogen and oxygen atoms in total. The zero-order valence-electron chi connectivity index (χ0n) is 11.4. The molecular weight excluding hydrogens is 250 g/mol. The van der Waals surface area contributed by atoms with E-state index in [1.54, 1.807) is 0 Å². The van der Waals surface area contributed by atoms with Gasteiger partial charge in [-0.05, 0) is 45.1 Å². The Balaban J connectivity index is 1.74. The summed E-state index contributed by atoms with van der Waals surface area (Å²) in [6.07, 6.45) is 4.46. The van der Waals surface area contributed by atoms with Crippen molar-refractivity contribution in [2.24, 2.45) is 5.92 Å². The summed E-state index contributed by atoms with van der Waals surface area (Å²) in [5.41, 5.74) is 0. The van der Waals surface area contributed by atoms with Crippen LogP contribution in [0.1, 0.15) is 39.5 Å². The van der Waals surface area contributed by atoms with Crippen LogP contribution in [-0.2, 0) is 10.2 Å². The molecule has 0 spiro atoms. The van der Waals surface area contributed by atoms with Gasteiger partial charge in [0.2, 0.25) is 0 Å². The molecule has 0 bridgehead atoms. The van der Waals surface area contributed by atoms with Crippen molar-refractivity contribution >= 4 is 10.2 Å². The minimum Gasteiger partial charge on any atom is -0.299 e. The van der Waals surface area contributed by atoms with Gasteiger partial charge < -0.3 is 0 Å². The summed E-state index contributed by atoms with van der Waals surface area (Å²) in [5, 5.41) is 0. The van der Waals surface area contributed by atoms with Gasteiger partial charge in [-0.1, -0.05) is 6.92 Å². The predicted octanol–water partition coefficient (Wildman–Crippen LogP) is 0.693. The maximum atomic E-state index is 11.7. The first-order chi connectivity index (χ1) is 8.46. The third-order valence-corrected chi connectivity index (χ3v) is 4.97. The molecule has 2 atom stereocenters. The van der Waals surface area contributed by atoms with Crippen molar-refractivity contribution < 1.29 is 8.42 Å². The standard InChI is InChI=1S/C12H25N3O2S/c1-10-4-3-7-15(9-10)11(2)8-13-18(16,17)14-12-5-6-12/h10-14H,3-9H2,1-2H3/t10-,11-/m1/s1. The van der Waals surface area contributed by atoms with Gasteiger partial charge in [-0.2, -0.15) is 13.1 Å². The third-order valence-electron chi connectivity index (χ3n) is 3.78. The van der Waals surface area contributed by atoms with E-state index in [2.05, 4.69) is 28.2 Å². The Morgan fingerprint density at radius 3 is 2.67 bits per heavy atom. The lowest BCUT2D eigenvalue weighted by molar-refractivity contribution is 0.140. The maximum Gasteiger partial charge on any atom is 0.277 e. The second-order valence-electron chi connectivity index (χ2n) is 5.84. The van der Waals surface area contributed by atoms with Gasteiger partial charge in [0, 0.05) is 25.2 Å². The van der Waals surface area contributed by atoms with Crippen LogP contribution in [0, 0.1) is 5.92 Å². The summed E-state index contributed by atoms with van der Waals surface area (Å²) in [7, 11) is -3.29. The van der Waals surface area contributed by atoms with Gasteiger partial charge in [0.15, 0.2) is 0 Å². The predicted molar refractivity (Wildman–Crippen MR) is 72.5 cm³/mol. The summed E-state index contributed by atoms with van der Waals surface area (Å²) in [4.78, 5) is 2.38. The summed E-state index contributed by atoms with van der Waals surface area (Å²) in [6, 6.07) is 0.441. The van der Waals surface area contributed by atoms with Crippen LogP contribution in [0.4, 0.5) is 0 Å². The molecule has 0 unspecified atom stereocenters. The Labute approximate surface area is 110 Å². The van der Waals surface area contributed by atoms with Gasteiger partial charge in [0.05, 0.1) is 0 Å². The van der Waals surface area contributed by atoms with Gasteiger partial charge in [0.25, 0.3) is 10.2 Å². The van der Waals surface area contributed by atoms with Crippen molar-refractivity contribution in [3.8, 4) is 0 Å². The molecule has 0 amide bonds. The first kappa shape index (κ1) is 14.2. The zero-order chi connectivity index (χ0) is 13.2. The topological polar surface area (TPSA) is 61.4 Å². The van der Waals surface area contributed by atoms with Crippen LogP contribution in [0.25, 0.3) is 0 Å². The number of nitrogens with one attached hydrogen (secondary N) is 2. The molecule has 18 heavy (non-hydrogen) atoms. The molecule has 2 aliphatic rings. The number of hydrogen-bond donors (Lipinski definition) is 2. The van der Waals surface area contributed by atoms with Crippen LogP contribution in [0.5, 0.6) is 0 Å². The SMILES string of the molecule is C[C@@H]1CCCN([C@H](C)CNS(=O)(=O)NC2CC2)C1. The highest BCUT2D eigenvalue weighted by Gasteiger charge is 2.27. The lowest BCUT2D eigenvalue weighted by Gasteiger charge is -2.35. The molecule has 2 N–H and O–H groups in total. The molecule has 2 rings (SSSR count). The Bertz CT molecular complexity index is 368. The third kappa shape index (κ3) is 4.50. The van der Waals surface area contributed by atoms with E-state index < -0.39 is 10.2 Å². The monoisotopic (exact) mass is 275 g/mol. The highest BCUT2D eigenvalue weighted by molar-refractivity contribution is 7.87. The fourth-order valence-corrected chi connectivity index (χ4v) is 3.67. The molecule has 0 aromatic rings. The maximum absolute atomic E-state index is 11.7. The van der Waals surface area contributed by atoms with Crippen LogP contribution in [0.3, 0.4) is 0 Å². The lowest BCUT2D eigenvalue weighted by Crippen LogP contribution is -2.48. The largest absolute Gasteiger partial charge is 0.299 e. The highest BCUT2D eigenvalue weighted by atomic mass is 32.2. The second kappa shape index (κ2) is 5.86. The summed E-state index contributed by atoms with van der Waals surface area (Å²) >= 11 is 0. The van der Waals surface area contributed by atoms with E-state index in [0.29, 0.717) is 6.54 Å². The van der Waals surface area contributed by atoms with E-state index in [-0.39, 0.29) is 12.1 Å². The number of nitrogens with zero attached hydrogens (tertiary/aromatic N) is 1. The molecule has 6 heteroatoms. The van der Waals surface area contributed by atoms with E-state index >= 15 is 0 Å². The first-order valence-corrected chi connectivity index (χ1v) is 8.45. The lowest BCUT2D eigenvalue weighted by atomic mass is 9.99.